The molecule has 1 heterocycles. The summed E-state index contributed by atoms with van der Waals surface area (Å²) in [5, 5.41) is 2.94. The van der Waals surface area contributed by atoms with Gasteiger partial charge in [0.2, 0.25) is 21.8 Å². The molecule has 0 spiro atoms. The van der Waals surface area contributed by atoms with Crippen molar-refractivity contribution in [2.45, 2.75) is 62.2 Å². The summed E-state index contributed by atoms with van der Waals surface area (Å²) in [5.74, 6) is -0.971. The zero-order chi connectivity index (χ0) is 30.9. The zero-order valence-electron chi connectivity index (χ0n) is 24.2. The van der Waals surface area contributed by atoms with E-state index in [2.05, 4.69) is 15.0 Å². The third-order valence-electron chi connectivity index (χ3n) is 7.47. The number of hydrogen-bond donors (Lipinski definition) is 2. The third-order valence-corrected chi connectivity index (χ3v) is 9.00. The molecule has 228 valence electrons. The molecule has 10 heteroatoms. The second-order valence-corrected chi connectivity index (χ2v) is 12.6. The first-order chi connectivity index (χ1) is 21.3. The van der Waals surface area contributed by atoms with Gasteiger partial charge in [-0.05, 0) is 72.4 Å². The van der Waals surface area contributed by atoms with Gasteiger partial charge in [0.1, 0.15) is 11.9 Å². The Morgan fingerprint density at radius 1 is 0.864 bits per heavy atom. The van der Waals surface area contributed by atoms with Crippen LogP contribution in [-0.2, 0) is 45.5 Å². The number of amides is 2. The Morgan fingerprint density at radius 2 is 1.55 bits per heavy atom. The van der Waals surface area contributed by atoms with Gasteiger partial charge in [-0.2, -0.15) is 0 Å². The lowest BCUT2D eigenvalue weighted by atomic mass is 10.0. The molecular weight excluding hydrogens is 579 g/mol. The topological polar surface area (TPSA) is 108 Å². The van der Waals surface area contributed by atoms with E-state index in [0.717, 1.165) is 24.0 Å². The molecular formula is C34H35FN4O4S. The van der Waals surface area contributed by atoms with Gasteiger partial charge in [-0.25, -0.2) is 17.5 Å². The van der Waals surface area contributed by atoms with Crippen molar-refractivity contribution in [3.8, 4) is 0 Å². The van der Waals surface area contributed by atoms with Crippen molar-refractivity contribution in [2.24, 2.45) is 0 Å². The molecule has 5 rings (SSSR count). The third kappa shape index (κ3) is 8.81. The standard InChI is InChI=1S/C34H35FN4O4S/c35-28-14-9-27(10-15-28)24-39(33(40)20-13-25-11-18-31(19-12-25)44(42,43)38-29-16-17-29)32(22-26-6-2-1-3-7-26)34(41)37-23-30-8-4-5-21-36-30/h1-12,14-15,18-19,21,29,32,38H,13,16-17,20,22-24H2,(H,37,41). The van der Waals surface area contributed by atoms with E-state index >= 15 is 0 Å². The fourth-order valence-corrected chi connectivity index (χ4v) is 6.16. The van der Waals surface area contributed by atoms with Crippen LogP contribution in [0, 0.1) is 5.82 Å². The van der Waals surface area contributed by atoms with E-state index < -0.39 is 21.9 Å². The van der Waals surface area contributed by atoms with Gasteiger partial charge in [-0.15, -0.1) is 0 Å². The van der Waals surface area contributed by atoms with E-state index in [1.165, 1.54) is 12.1 Å². The first-order valence-corrected chi connectivity index (χ1v) is 16.1. The van der Waals surface area contributed by atoms with E-state index in [-0.39, 0.29) is 48.7 Å². The normalized spacial score (nSPS) is 13.7. The van der Waals surface area contributed by atoms with Crippen molar-refractivity contribution >= 4 is 21.8 Å². The summed E-state index contributed by atoms with van der Waals surface area (Å²) in [4.78, 5) is 33.7. The SMILES string of the molecule is O=C(NCc1ccccn1)C(Cc1ccccc1)N(Cc1ccc(F)cc1)C(=O)CCc1ccc(S(=O)(=O)NC2CC2)cc1. The molecule has 1 fully saturated rings. The number of rotatable bonds is 14. The smallest absolute Gasteiger partial charge is 0.243 e. The van der Waals surface area contributed by atoms with Crippen molar-refractivity contribution in [3.05, 3.63) is 131 Å². The largest absolute Gasteiger partial charge is 0.349 e. The van der Waals surface area contributed by atoms with Gasteiger partial charge >= 0.3 is 0 Å². The molecule has 3 aromatic carbocycles. The van der Waals surface area contributed by atoms with Gasteiger partial charge in [0.15, 0.2) is 0 Å². The zero-order valence-corrected chi connectivity index (χ0v) is 25.0. The molecule has 1 saturated carbocycles. The summed E-state index contributed by atoms with van der Waals surface area (Å²) in [7, 11) is -3.57. The average molecular weight is 615 g/mol. The van der Waals surface area contributed by atoms with Crippen molar-refractivity contribution in [1.82, 2.24) is 19.9 Å². The van der Waals surface area contributed by atoms with Crippen LogP contribution in [0.25, 0.3) is 0 Å². The maximum Gasteiger partial charge on any atom is 0.243 e. The van der Waals surface area contributed by atoms with Crippen LogP contribution in [0.4, 0.5) is 4.39 Å². The van der Waals surface area contributed by atoms with E-state index in [0.29, 0.717) is 17.7 Å². The molecule has 1 unspecified atom stereocenters. The van der Waals surface area contributed by atoms with E-state index in [1.54, 1.807) is 53.6 Å². The van der Waals surface area contributed by atoms with E-state index in [4.69, 9.17) is 0 Å². The summed E-state index contributed by atoms with van der Waals surface area (Å²) >= 11 is 0. The summed E-state index contributed by atoms with van der Waals surface area (Å²) in [6.07, 6.45) is 4.07. The second kappa shape index (κ2) is 14.4. The lowest BCUT2D eigenvalue weighted by molar-refractivity contribution is -0.141. The molecule has 4 aromatic rings. The van der Waals surface area contributed by atoms with Gasteiger partial charge in [0, 0.05) is 31.6 Å². The summed E-state index contributed by atoms with van der Waals surface area (Å²) in [6, 6.07) is 26.5. The van der Waals surface area contributed by atoms with Crippen LogP contribution in [-0.4, -0.2) is 42.2 Å². The molecule has 1 aliphatic rings. The maximum absolute atomic E-state index is 13.9. The van der Waals surface area contributed by atoms with Crippen LogP contribution in [0.2, 0.25) is 0 Å². The molecule has 0 aliphatic heterocycles. The van der Waals surface area contributed by atoms with E-state index in [1.807, 2.05) is 42.5 Å². The average Bonchev–Trinajstić information content (AvgIpc) is 3.86. The highest BCUT2D eigenvalue weighted by molar-refractivity contribution is 7.89. The highest BCUT2D eigenvalue weighted by Gasteiger charge is 2.31. The number of benzene rings is 3. The van der Waals surface area contributed by atoms with Gasteiger partial charge in [-0.1, -0.05) is 60.7 Å². The Hall–Kier alpha value is -4.41. The number of nitrogens with zero attached hydrogens (tertiary/aromatic N) is 2. The quantitative estimate of drug-likeness (QED) is 0.217. The molecule has 0 bridgehead atoms. The van der Waals surface area contributed by atoms with Crippen molar-refractivity contribution in [1.29, 1.82) is 0 Å². The van der Waals surface area contributed by atoms with Crippen LogP contribution in [0.15, 0.2) is 108 Å². The van der Waals surface area contributed by atoms with Crippen molar-refractivity contribution in [2.75, 3.05) is 0 Å². The van der Waals surface area contributed by atoms with Gasteiger partial charge in [-0.3, -0.25) is 14.6 Å². The molecule has 2 N–H and O–H groups in total. The molecule has 1 atom stereocenters. The predicted octanol–water partition coefficient (Wildman–Crippen LogP) is 4.55. The summed E-state index contributed by atoms with van der Waals surface area (Å²) in [6.45, 7) is 0.312. The van der Waals surface area contributed by atoms with Crippen molar-refractivity contribution < 1.29 is 22.4 Å². The molecule has 0 radical (unpaired) electrons. The minimum atomic E-state index is -3.57. The monoisotopic (exact) mass is 614 g/mol. The van der Waals surface area contributed by atoms with E-state index in [9.17, 15) is 22.4 Å². The van der Waals surface area contributed by atoms with Crippen LogP contribution in [0.1, 0.15) is 41.6 Å². The van der Waals surface area contributed by atoms with Crippen molar-refractivity contribution in [3.63, 3.8) is 0 Å². The summed E-state index contributed by atoms with van der Waals surface area (Å²) < 4.78 is 41.4. The molecule has 44 heavy (non-hydrogen) atoms. The number of nitrogens with one attached hydrogen (secondary N) is 2. The molecule has 2 amide bonds. The number of pyridine rings is 1. The first kappa shape index (κ1) is 31.0. The number of carbonyl (C=O) groups is 2. The Labute approximate surface area is 257 Å². The van der Waals surface area contributed by atoms with Crippen LogP contribution in [0.3, 0.4) is 0 Å². The Morgan fingerprint density at radius 3 is 2.20 bits per heavy atom. The van der Waals surface area contributed by atoms with Crippen LogP contribution < -0.4 is 10.0 Å². The lowest BCUT2D eigenvalue weighted by Gasteiger charge is -2.31. The molecule has 0 saturated heterocycles. The minimum absolute atomic E-state index is 0.00868. The number of hydrogen-bond acceptors (Lipinski definition) is 5. The first-order valence-electron chi connectivity index (χ1n) is 14.6. The highest BCUT2D eigenvalue weighted by Crippen LogP contribution is 2.23. The Kier molecular flexibility index (Phi) is 10.1. The minimum Gasteiger partial charge on any atom is -0.349 e. The summed E-state index contributed by atoms with van der Waals surface area (Å²) in [5.41, 5.74) is 3.06. The highest BCUT2D eigenvalue weighted by atomic mass is 32.2. The second-order valence-electron chi connectivity index (χ2n) is 10.9. The maximum atomic E-state index is 13.9. The predicted molar refractivity (Wildman–Crippen MR) is 165 cm³/mol. The van der Waals surface area contributed by atoms with Crippen LogP contribution in [0.5, 0.6) is 0 Å². The lowest BCUT2D eigenvalue weighted by Crippen LogP contribution is -2.50. The Bertz CT molecular complexity index is 1650. The molecule has 1 aliphatic carbocycles. The number of carbonyl (C=O) groups excluding carboxylic acids is 2. The molecule has 1 aromatic heterocycles. The number of halogens is 1. The van der Waals surface area contributed by atoms with Gasteiger partial charge in [0.05, 0.1) is 17.1 Å². The molecule has 8 nitrogen and oxygen atoms in total. The van der Waals surface area contributed by atoms with Gasteiger partial charge < -0.3 is 10.2 Å². The number of aromatic nitrogens is 1. The van der Waals surface area contributed by atoms with Crippen LogP contribution >= 0.6 is 0 Å². The fraction of sp³-hybridized carbons (Fsp3) is 0.265. The Balaban J connectivity index is 1.36. The van der Waals surface area contributed by atoms with Gasteiger partial charge in [0.25, 0.3) is 0 Å². The fourth-order valence-electron chi connectivity index (χ4n) is 4.86. The number of aryl methyl sites for hydroxylation is 1. The number of sulfonamides is 1.